The van der Waals surface area contributed by atoms with Crippen molar-refractivity contribution in [1.82, 2.24) is 50.2 Å². The minimum Gasteiger partial charge on any atom is -0.495 e. The number of ether oxygens (including phenoxy) is 9. The average Bonchev–Trinajstić information content (AvgIpc) is 1.57. The maximum absolute atomic E-state index is 14.6. The van der Waals surface area contributed by atoms with Gasteiger partial charge in [-0.1, -0.05) is 141 Å². The van der Waals surface area contributed by atoms with Gasteiger partial charge in [-0.2, -0.15) is 11.8 Å². The molecule has 41 heteroatoms. The number of alkyl carbamates (subject to hydrolysis) is 1. The number of carbonyl (C=O) groups is 16. The molecule has 14 amide bonds. The first kappa shape index (κ1) is 117. The molecule has 784 valence electrons. The Morgan fingerprint density at radius 3 is 1.93 bits per heavy atom. The second-order valence-electron chi connectivity index (χ2n) is 38.5. The van der Waals surface area contributed by atoms with Crippen molar-refractivity contribution in [2.75, 3.05) is 126 Å². The Kier molecular flexibility index (Phi) is 44.5. The number of epoxide rings is 1. The van der Waals surface area contributed by atoms with Gasteiger partial charge in [0.05, 0.1) is 112 Å². The monoisotopic (exact) mass is 2030 g/mol. The number of allylic oxidation sites excluding steroid dienone is 3. The van der Waals surface area contributed by atoms with E-state index in [1.54, 1.807) is 113 Å². The lowest BCUT2D eigenvalue weighted by molar-refractivity contribution is -0.162. The number of imide groups is 3. The van der Waals surface area contributed by atoms with Gasteiger partial charge in [-0.3, -0.25) is 82.3 Å². The Morgan fingerprint density at radius 1 is 0.730 bits per heavy atom. The van der Waals surface area contributed by atoms with Gasteiger partial charge in [-0.05, 0) is 100 Å². The van der Waals surface area contributed by atoms with Crippen molar-refractivity contribution in [3.8, 4) is 5.75 Å². The Labute approximate surface area is 841 Å². The molecule has 7 aliphatic heterocycles. The van der Waals surface area contributed by atoms with Crippen LogP contribution in [0.15, 0.2) is 66.3 Å². The van der Waals surface area contributed by atoms with Crippen LogP contribution in [0.5, 0.6) is 5.75 Å². The standard InChI is InChI=1S/C50H68ClN5O16S2.C50H80N6O11/c1-28-11-10-12-37(67-8)50(65)27-34(70-48(64)52-50)29(2)44-49(4,72-44)38(26-40(58)54(6)32-22-31(21-28)23-33(66-7)43(32)51)71-47(63)30(3)53(5)39(57)13-20-74-36-25-42(60)56(46(36)62)15-17-69-19-18-68-16-14-55-41(59)24-35(73-9)45(55)61;1-13-32(6)44(38(66-11)29-41(59)55-26-20-23-37(55)45(67-12)34(8)46(60)51-36(50(64)65)28-35-21-16-14-17-22-35)54(10)49(63)42(30(2)3)52-47(61)43(31(4)5)53(9)39(57)24-18-15-19-25-56-40(58)27-33(7)48(56)62/h10-12,22-23,29-30,34-38,44,65H,13-21,24-27H2,1-9H3,(H,52,64);14,16-17,21-22,30-34,36-38,42-45H,13,15,18-20,23-29H2,1-12H3,(H,51,60)(H,52,61)(H,64,65)/b12-10+,28-11+;/t29-,30-,34+,35?,36?,37-,38+,44+,49+,50+;32-,33?,34+,36-,37-,38+,42-,43-,44-,45+/m10/s1. The van der Waals surface area contributed by atoms with Gasteiger partial charge in [0.2, 0.25) is 76.8 Å². The van der Waals surface area contributed by atoms with Crippen LogP contribution in [0, 0.1) is 35.5 Å². The second-order valence-corrected chi connectivity index (χ2v) is 41.3. The number of aliphatic hydroxyl groups is 1. The predicted molar refractivity (Wildman–Crippen MR) is 526 cm³/mol. The van der Waals surface area contributed by atoms with Crippen molar-refractivity contribution >= 4 is 136 Å². The second kappa shape index (κ2) is 53.8. The zero-order valence-corrected chi connectivity index (χ0v) is 87.8. The summed E-state index contributed by atoms with van der Waals surface area (Å²) in [5.74, 6) is -8.22. The number of benzene rings is 2. The summed E-state index contributed by atoms with van der Waals surface area (Å²) in [7, 11) is 12.1. The Morgan fingerprint density at radius 2 is 1.35 bits per heavy atom. The topological polar surface area (TPSA) is 462 Å². The van der Waals surface area contributed by atoms with Crippen molar-refractivity contribution in [1.29, 1.82) is 0 Å². The van der Waals surface area contributed by atoms with Crippen LogP contribution in [0.2, 0.25) is 5.02 Å². The third-order valence-electron chi connectivity index (χ3n) is 28.0. The van der Waals surface area contributed by atoms with E-state index in [9.17, 15) is 86.9 Å². The van der Waals surface area contributed by atoms with E-state index in [-0.39, 0.29) is 178 Å². The largest absolute Gasteiger partial charge is 0.495 e. The fourth-order valence-corrected chi connectivity index (χ4v) is 21.2. The maximum Gasteiger partial charge on any atom is 0.409 e. The van der Waals surface area contributed by atoms with E-state index in [1.807, 2.05) is 60.6 Å². The molecule has 3 unspecified atom stereocenters. The van der Waals surface area contributed by atoms with Crippen LogP contribution >= 0.6 is 35.1 Å². The number of carboxylic acid groups (broad SMARTS) is 1. The normalized spacial score (nSPS) is 25.2. The molecule has 9 rings (SSSR count). The number of likely N-dealkylation sites (tertiary alicyclic amines) is 4. The molecule has 141 heavy (non-hydrogen) atoms. The molecule has 7 heterocycles. The van der Waals surface area contributed by atoms with Gasteiger partial charge in [0, 0.05) is 125 Å². The van der Waals surface area contributed by atoms with Crippen molar-refractivity contribution in [2.24, 2.45) is 35.5 Å². The van der Waals surface area contributed by atoms with Gasteiger partial charge in [0.25, 0.3) is 0 Å². The summed E-state index contributed by atoms with van der Waals surface area (Å²) in [4.78, 5) is 223. The first-order chi connectivity index (χ1) is 66.7. The zero-order valence-electron chi connectivity index (χ0n) is 85.4. The van der Waals surface area contributed by atoms with Crippen LogP contribution < -0.4 is 25.6 Å². The number of esters is 1. The molecule has 6 saturated heterocycles. The molecule has 6 fully saturated rings. The number of rotatable bonds is 46. The number of methoxy groups -OCH3 is 4. The van der Waals surface area contributed by atoms with E-state index < -0.39 is 155 Å². The highest BCUT2D eigenvalue weighted by Gasteiger charge is 2.65. The third-order valence-corrected chi connectivity index (χ3v) is 30.5. The number of amides is 14. The molecule has 2 aromatic rings. The van der Waals surface area contributed by atoms with E-state index in [0.717, 1.165) is 33.4 Å². The van der Waals surface area contributed by atoms with Crippen LogP contribution in [0.1, 0.15) is 184 Å². The summed E-state index contributed by atoms with van der Waals surface area (Å²) in [6.45, 7) is 23.1. The number of halogens is 1. The quantitative estimate of drug-likeness (QED) is 0.0184. The van der Waals surface area contributed by atoms with Gasteiger partial charge < -0.3 is 88.0 Å². The number of carbonyl (C=O) groups excluding carboxylic acids is 15. The number of hydrogen-bond donors (Lipinski definition) is 5. The minimum atomic E-state index is -1.88. The van der Waals surface area contributed by atoms with Crippen LogP contribution in [0.25, 0.3) is 0 Å². The SMILES string of the molecule is CC[C@H](C)[C@@H]([C@@H](CC(=O)N1CCC[C@H]1[C@H](OC)[C@@H](C)C(=O)N[C@@H](Cc1ccccc1)C(=O)O)OC)N(C)C(=O)[C@@H](NC(=O)[C@H](C(C)C)N(C)C(=O)CCCCCN1C(=O)CC(C)C1=O)C(C)C.COc1cc2cc(c1Cl)N(C)C(=O)C[C@H](OC(=O)[C@@H](C)N(C)C(=O)CCSC1CC(=O)N(CCOCCOCCN3C(=O)CC(SC)C3=O)C1=O)[C@]1(C)O[C@H]1[C@H](C)[C@@H]1C[C@@](O)(NC(=O)O1)[C@H](OC)/C=C/C=C(\C)C2. The molecule has 38 nitrogen and oxygen atoms in total. The summed E-state index contributed by atoms with van der Waals surface area (Å²) < 4.78 is 52.4. The van der Waals surface area contributed by atoms with E-state index in [4.69, 9.17) is 54.2 Å². The van der Waals surface area contributed by atoms with E-state index in [0.29, 0.717) is 69.5 Å². The molecule has 20 atom stereocenters. The molecule has 0 saturated carbocycles. The molecule has 0 radical (unpaired) electrons. The number of likely N-dealkylation sites (N-methyl/N-ethyl adjacent to an activating group) is 3. The molecule has 5 N–H and O–H groups in total. The van der Waals surface area contributed by atoms with Crippen LogP contribution in [-0.4, -0.2) is 355 Å². The van der Waals surface area contributed by atoms with E-state index in [2.05, 4.69) is 16.0 Å². The van der Waals surface area contributed by atoms with Crippen LogP contribution in [0.3, 0.4) is 0 Å². The number of nitrogens with one attached hydrogen (secondary N) is 3. The number of nitrogens with zero attached hydrogens (tertiary/aromatic N) is 8. The van der Waals surface area contributed by atoms with E-state index in [1.165, 1.54) is 78.7 Å². The molecule has 0 aliphatic carbocycles. The highest BCUT2D eigenvalue weighted by Crippen LogP contribution is 2.50. The smallest absolute Gasteiger partial charge is 0.409 e. The van der Waals surface area contributed by atoms with Gasteiger partial charge in [-0.15, -0.1) is 11.8 Å². The first-order valence-corrected chi connectivity index (χ1v) is 51.3. The molecular weight excluding hydrogens is 1890 g/mol. The first-order valence-electron chi connectivity index (χ1n) is 48.6. The molecule has 2 aromatic carbocycles. The van der Waals surface area contributed by atoms with Gasteiger partial charge >= 0.3 is 18.0 Å². The van der Waals surface area contributed by atoms with Crippen molar-refractivity contribution in [2.45, 2.75) is 281 Å². The summed E-state index contributed by atoms with van der Waals surface area (Å²) in [5, 5.41) is 29.1. The van der Waals surface area contributed by atoms with Crippen molar-refractivity contribution < 1.29 is 130 Å². The van der Waals surface area contributed by atoms with Crippen LogP contribution in [0.4, 0.5) is 10.5 Å². The number of unbranched alkanes of at least 4 members (excludes halogenated alkanes) is 2. The van der Waals surface area contributed by atoms with Crippen molar-refractivity contribution in [3.63, 3.8) is 0 Å². The summed E-state index contributed by atoms with van der Waals surface area (Å²) in [6, 6.07) is 7.36. The fraction of sp³-hybridized carbons (Fsp3) is 0.680. The fourth-order valence-electron chi connectivity index (χ4n) is 19.1. The lowest BCUT2D eigenvalue weighted by Crippen LogP contribution is -2.63. The highest BCUT2D eigenvalue weighted by molar-refractivity contribution is 8.00. The van der Waals surface area contributed by atoms with Crippen LogP contribution in [-0.2, 0) is 123 Å². The number of carboxylic acids is 1. The Hall–Kier alpha value is -9.65. The summed E-state index contributed by atoms with van der Waals surface area (Å²) in [6.07, 6.45) is 4.74. The third kappa shape index (κ3) is 30.3. The minimum absolute atomic E-state index is 0.0320. The molecular formula is C100H148ClN11O27S2. The summed E-state index contributed by atoms with van der Waals surface area (Å²) in [5.41, 5.74) is -0.440. The highest BCUT2D eigenvalue weighted by atomic mass is 35.5. The van der Waals surface area contributed by atoms with Gasteiger partial charge in [0.15, 0.2) is 5.72 Å². The number of aliphatic carboxylic acids is 1. The Balaban J connectivity index is 0.000000347. The molecule has 4 bridgehead atoms. The molecule has 0 aromatic heterocycles. The predicted octanol–water partition coefficient (Wildman–Crippen LogP) is 7.59. The zero-order chi connectivity index (χ0) is 105. The number of hydrogen-bond acceptors (Lipinski definition) is 28. The number of anilines is 1. The number of thioether (sulfide) groups is 2. The van der Waals surface area contributed by atoms with Crippen molar-refractivity contribution in [3.05, 3.63) is 82.4 Å². The lowest BCUT2D eigenvalue weighted by Gasteiger charge is -2.42. The van der Waals surface area contributed by atoms with Gasteiger partial charge in [-0.25, -0.2) is 14.4 Å². The lowest BCUT2D eigenvalue weighted by atomic mass is 9.83. The number of fused-ring (bicyclic) bond motifs is 5. The maximum atomic E-state index is 14.6. The average molecular weight is 2040 g/mol. The molecule has 0 spiro atoms. The van der Waals surface area contributed by atoms with E-state index >= 15 is 0 Å². The van der Waals surface area contributed by atoms with Gasteiger partial charge in [0.1, 0.15) is 58.9 Å². The summed E-state index contributed by atoms with van der Waals surface area (Å²) >= 11 is 9.31. The Bertz CT molecular complexity index is 4800. The molecule has 7 aliphatic rings.